The van der Waals surface area contributed by atoms with E-state index in [-0.39, 0.29) is 6.54 Å². The lowest BCUT2D eigenvalue weighted by atomic mass is 10.1. The van der Waals surface area contributed by atoms with Crippen LogP contribution >= 0.6 is 0 Å². The van der Waals surface area contributed by atoms with Crippen molar-refractivity contribution in [2.75, 3.05) is 19.6 Å². The summed E-state index contributed by atoms with van der Waals surface area (Å²) in [5, 5.41) is 24.6. The molecule has 18 heavy (non-hydrogen) atoms. The second-order valence-electron chi connectivity index (χ2n) is 4.57. The molecule has 1 aromatic rings. The van der Waals surface area contributed by atoms with Crippen molar-refractivity contribution >= 4 is 6.09 Å². The molecule has 0 aromatic carbocycles. The number of aromatic nitrogens is 2. The number of aliphatic hydroxyl groups is 1. The van der Waals surface area contributed by atoms with Gasteiger partial charge < -0.3 is 15.5 Å². The van der Waals surface area contributed by atoms with Gasteiger partial charge in [-0.25, -0.2) is 4.79 Å². The molecule has 0 radical (unpaired) electrons. The van der Waals surface area contributed by atoms with E-state index in [4.69, 9.17) is 5.11 Å². The number of β-amino-alcohol motifs (C(OH)–C–C–N with tert-alkyl or cyclic N) is 1. The molecule has 0 aliphatic carbocycles. The lowest BCUT2D eigenvalue weighted by Gasteiger charge is -2.28. The third-order valence-electron chi connectivity index (χ3n) is 3.18. The van der Waals surface area contributed by atoms with Crippen molar-refractivity contribution in [1.29, 1.82) is 0 Å². The molecule has 100 valence electrons. The normalized spacial score (nSPS) is 17.2. The average Bonchev–Trinajstić information content (AvgIpc) is 2.69. The van der Waals surface area contributed by atoms with Crippen molar-refractivity contribution in [3.05, 3.63) is 17.5 Å². The fourth-order valence-electron chi connectivity index (χ4n) is 2.21. The number of hydrogen-bond acceptors (Lipinski definition) is 4. The van der Waals surface area contributed by atoms with Crippen LogP contribution in [0.3, 0.4) is 0 Å². The fraction of sp³-hybridized carbons (Fsp3) is 0.636. The summed E-state index contributed by atoms with van der Waals surface area (Å²) in [6.45, 7) is 2.13. The smallest absolute Gasteiger partial charge is 0.404 e. The Balaban J connectivity index is 1.85. The van der Waals surface area contributed by atoms with Crippen LogP contribution in [0.5, 0.6) is 0 Å². The van der Waals surface area contributed by atoms with E-state index in [1.54, 1.807) is 0 Å². The van der Waals surface area contributed by atoms with Gasteiger partial charge in [0.1, 0.15) is 0 Å². The lowest BCUT2D eigenvalue weighted by Crippen LogP contribution is -2.41. The maximum Gasteiger partial charge on any atom is 0.404 e. The molecule has 0 bridgehead atoms. The molecular weight excluding hydrogens is 236 g/mol. The third kappa shape index (κ3) is 2.99. The quantitative estimate of drug-likeness (QED) is 0.668. The number of carbonyl (C=O) groups is 1. The van der Waals surface area contributed by atoms with Gasteiger partial charge in [-0.1, -0.05) is 0 Å². The van der Waals surface area contributed by atoms with E-state index in [1.807, 2.05) is 17.9 Å². The van der Waals surface area contributed by atoms with Crippen molar-refractivity contribution in [2.24, 2.45) is 7.05 Å². The first kappa shape index (κ1) is 12.8. The number of hydrogen-bond donors (Lipinski definition) is 3. The molecule has 1 unspecified atom stereocenters. The topological polar surface area (TPSA) is 90.6 Å². The maximum atomic E-state index is 10.3. The van der Waals surface area contributed by atoms with Crippen LogP contribution in [0.25, 0.3) is 0 Å². The maximum absolute atomic E-state index is 10.3. The monoisotopic (exact) mass is 254 g/mol. The number of carboxylic acid groups (broad SMARTS) is 1. The van der Waals surface area contributed by atoms with Gasteiger partial charge in [0.15, 0.2) is 0 Å². The molecule has 0 saturated carbocycles. The Morgan fingerprint density at radius 2 is 2.44 bits per heavy atom. The van der Waals surface area contributed by atoms with Crippen LogP contribution in [-0.4, -0.2) is 56.7 Å². The standard InChI is InChI=1S/C11H18N4O3/c1-14-10-7-15(3-2-8(10)4-13-14)6-9(16)5-12-11(17)18/h4,9,12,16H,2-3,5-7H2,1H3,(H,17,18). The van der Waals surface area contributed by atoms with Crippen LogP contribution in [-0.2, 0) is 20.0 Å². The van der Waals surface area contributed by atoms with Crippen molar-refractivity contribution in [1.82, 2.24) is 20.0 Å². The first-order valence-electron chi connectivity index (χ1n) is 5.93. The van der Waals surface area contributed by atoms with E-state index in [0.717, 1.165) is 19.5 Å². The Morgan fingerprint density at radius 1 is 1.67 bits per heavy atom. The van der Waals surface area contributed by atoms with Crippen LogP contribution in [0.1, 0.15) is 11.3 Å². The molecule has 1 atom stereocenters. The number of fused-ring (bicyclic) bond motifs is 1. The van der Waals surface area contributed by atoms with Crippen LogP contribution in [0, 0.1) is 0 Å². The number of nitrogens with one attached hydrogen (secondary N) is 1. The Kier molecular flexibility index (Phi) is 3.83. The lowest BCUT2D eigenvalue weighted by molar-refractivity contribution is 0.101. The predicted molar refractivity (Wildman–Crippen MR) is 64.2 cm³/mol. The highest BCUT2D eigenvalue weighted by Gasteiger charge is 2.21. The largest absolute Gasteiger partial charge is 0.465 e. The van der Waals surface area contributed by atoms with Gasteiger partial charge in [-0.3, -0.25) is 9.58 Å². The summed E-state index contributed by atoms with van der Waals surface area (Å²) in [6.07, 6.45) is 1.01. The zero-order chi connectivity index (χ0) is 13.1. The first-order valence-corrected chi connectivity index (χ1v) is 5.93. The van der Waals surface area contributed by atoms with Crippen molar-refractivity contribution in [3.8, 4) is 0 Å². The van der Waals surface area contributed by atoms with Crippen molar-refractivity contribution in [2.45, 2.75) is 19.1 Å². The van der Waals surface area contributed by atoms with Crippen molar-refractivity contribution in [3.63, 3.8) is 0 Å². The molecular formula is C11H18N4O3. The number of aliphatic hydroxyl groups excluding tert-OH is 1. The molecule has 3 N–H and O–H groups in total. The summed E-state index contributed by atoms with van der Waals surface area (Å²) in [7, 11) is 1.91. The number of amides is 1. The minimum Gasteiger partial charge on any atom is -0.465 e. The minimum atomic E-state index is -1.11. The number of rotatable bonds is 4. The van der Waals surface area contributed by atoms with Gasteiger partial charge in [0.05, 0.1) is 18.0 Å². The molecule has 0 fully saturated rings. The molecule has 2 rings (SSSR count). The fourth-order valence-corrected chi connectivity index (χ4v) is 2.21. The van der Waals surface area contributed by atoms with Crippen LogP contribution in [0.2, 0.25) is 0 Å². The molecule has 7 nitrogen and oxygen atoms in total. The van der Waals surface area contributed by atoms with E-state index in [2.05, 4.69) is 15.3 Å². The molecule has 2 heterocycles. The average molecular weight is 254 g/mol. The van der Waals surface area contributed by atoms with E-state index in [9.17, 15) is 9.90 Å². The molecule has 1 amide bonds. The van der Waals surface area contributed by atoms with Gasteiger partial charge in [-0.05, 0) is 12.0 Å². The Morgan fingerprint density at radius 3 is 3.17 bits per heavy atom. The SMILES string of the molecule is Cn1ncc2c1CN(CC(O)CNC(=O)O)CC2. The summed E-state index contributed by atoms with van der Waals surface area (Å²) in [4.78, 5) is 12.4. The molecule has 1 aliphatic heterocycles. The highest BCUT2D eigenvalue weighted by atomic mass is 16.4. The van der Waals surface area contributed by atoms with Gasteiger partial charge in [-0.2, -0.15) is 5.10 Å². The zero-order valence-corrected chi connectivity index (χ0v) is 10.3. The second-order valence-corrected chi connectivity index (χ2v) is 4.57. The van der Waals surface area contributed by atoms with Gasteiger partial charge >= 0.3 is 6.09 Å². The van der Waals surface area contributed by atoms with E-state index in [0.29, 0.717) is 6.54 Å². The van der Waals surface area contributed by atoms with E-state index >= 15 is 0 Å². The van der Waals surface area contributed by atoms with Gasteiger partial charge in [0.25, 0.3) is 0 Å². The van der Waals surface area contributed by atoms with Crippen molar-refractivity contribution < 1.29 is 15.0 Å². The van der Waals surface area contributed by atoms with Crippen LogP contribution in [0.4, 0.5) is 4.79 Å². The molecule has 1 aliphatic rings. The van der Waals surface area contributed by atoms with Gasteiger partial charge in [0, 0.05) is 33.2 Å². The van der Waals surface area contributed by atoms with Crippen LogP contribution < -0.4 is 5.32 Å². The zero-order valence-electron chi connectivity index (χ0n) is 10.3. The van der Waals surface area contributed by atoms with Crippen LogP contribution in [0.15, 0.2) is 6.20 Å². The predicted octanol–water partition coefficient (Wildman–Crippen LogP) is -0.593. The Hall–Kier alpha value is -1.60. The minimum absolute atomic E-state index is 0.0596. The number of aryl methyl sites for hydroxylation is 1. The van der Waals surface area contributed by atoms with Gasteiger partial charge in [0.2, 0.25) is 0 Å². The summed E-state index contributed by atoms with van der Waals surface area (Å²) < 4.78 is 1.85. The first-order chi connectivity index (χ1) is 8.56. The third-order valence-corrected chi connectivity index (χ3v) is 3.18. The highest BCUT2D eigenvalue weighted by molar-refractivity contribution is 5.64. The second kappa shape index (κ2) is 5.36. The molecule has 0 saturated heterocycles. The van der Waals surface area contributed by atoms with E-state index < -0.39 is 12.2 Å². The summed E-state index contributed by atoms with van der Waals surface area (Å²) in [5.74, 6) is 0. The summed E-state index contributed by atoms with van der Waals surface area (Å²) in [6, 6.07) is 0. The van der Waals surface area contributed by atoms with Gasteiger partial charge in [-0.15, -0.1) is 0 Å². The Bertz CT molecular complexity index is 432. The number of nitrogens with zero attached hydrogens (tertiary/aromatic N) is 3. The molecule has 7 heteroatoms. The summed E-state index contributed by atoms with van der Waals surface area (Å²) >= 11 is 0. The Labute approximate surface area is 105 Å². The molecule has 0 spiro atoms. The highest BCUT2D eigenvalue weighted by Crippen LogP contribution is 2.17. The van der Waals surface area contributed by atoms with E-state index in [1.165, 1.54) is 11.3 Å². The molecule has 1 aromatic heterocycles. The summed E-state index contributed by atoms with van der Waals surface area (Å²) in [5.41, 5.74) is 2.42.